The Morgan fingerprint density at radius 1 is 1.38 bits per heavy atom. The van der Waals surface area contributed by atoms with Crippen LogP contribution in [0, 0.1) is 0 Å². The normalized spacial score (nSPS) is 26.4. The monoisotopic (exact) mass is 310 g/mol. The highest BCUT2D eigenvalue weighted by Crippen LogP contribution is 2.32. The molecule has 2 N–H and O–H groups in total. The van der Waals surface area contributed by atoms with E-state index in [4.69, 9.17) is 10.5 Å². The zero-order valence-electron chi connectivity index (χ0n) is 12.5. The van der Waals surface area contributed by atoms with Crippen molar-refractivity contribution in [3.63, 3.8) is 0 Å². The van der Waals surface area contributed by atoms with E-state index in [0.717, 1.165) is 18.2 Å². The molecule has 1 aromatic rings. The third-order valence-electron chi connectivity index (χ3n) is 4.08. The summed E-state index contributed by atoms with van der Waals surface area (Å²) < 4.78 is 5.58. The lowest BCUT2D eigenvalue weighted by atomic mass is 10.2. The summed E-state index contributed by atoms with van der Waals surface area (Å²) in [6.07, 6.45) is 2.43. The standard InChI is InChI=1S/C14H22N4O2S/c1-9-8-20-10(2)7-18(9)13(19)11-12(15)16-14(21-11)17-5-3-4-6-17/h9-10H,3-8,15H2,1-2H3. The molecule has 1 aromatic heterocycles. The van der Waals surface area contributed by atoms with Crippen LogP contribution >= 0.6 is 11.3 Å². The Balaban J connectivity index is 1.80. The first-order chi connectivity index (χ1) is 10.1. The predicted octanol–water partition coefficient (Wildman–Crippen LogP) is 1.57. The number of amides is 1. The highest BCUT2D eigenvalue weighted by atomic mass is 32.1. The van der Waals surface area contributed by atoms with Gasteiger partial charge in [0, 0.05) is 19.6 Å². The van der Waals surface area contributed by atoms with Crippen molar-refractivity contribution >= 4 is 28.2 Å². The summed E-state index contributed by atoms with van der Waals surface area (Å²) in [7, 11) is 0. The molecule has 2 atom stereocenters. The van der Waals surface area contributed by atoms with Crippen LogP contribution in [-0.4, -0.2) is 54.2 Å². The maximum absolute atomic E-state index is 12.7. The molecule has 2 unspecified atom stereocenters. The molecule has 21 heavy (non-hydrogen) atoms. The van der Waals surface area contributed by atoms with Gasteiger partial charge in [-0.25, -0.2) is 4.98 Å². The molecule has 0 bridgehead atoms. The van der Waals surface area contributed by atoms with Crippen molar-refractivity contribution in [3.05, 3.63) is 4.88 Å². The Labute approximate surface area is 128 Å². The van der Waals surface area contributed by atoms with E-state index >= 15 is 0 Å². The van der Waals surface area contributed by atoms with Crippen molar-refractivity contribution in [1.82, 2.24) is 9.88 Å². The Morgan fingerprint density at radius 3 is 2.81 bits per heavy atom. The number of aromatic nitrogens is 1. The smallest absolute Gasteiger partial charge is 0.268 e. The summed E-state index contributed by atoms with van der Waals surface area (Å²) in [4.78, 5) is 21.8. The van der Waals surface area contributed by atoms with Gasteiger partial charge in [0.2, 0.25) is 0 Å². The Kier molecular flexibility index (Phi) is 4.03. The zero-order valence-corrected chi connectivity index (χ0v) is 13.4. The number of carbonyl (C=O) groups is 1. The first-order valence-corrected chi connectivity index (χ1v) is 8.31. The first kappa shape index (κ1) is 14.6. The third kappa shape index (κ3) is 2.85. The van der Waals surface area contributed by atoms with Crippen molar-refractivity contribution in [3.8, 4) is 0 Å². The van der Waals surface area contributed by atoms with Gasteiger partial charge in [0.1, 0.15) is 10.7 Å². The van der Waals surface area contributed by atoms with Crippen molar-refractivity contribution < 1.29 is 9.53 Å². The lowest BCUT2D eigenvalue weighted by Gasteiger charge is -2.36. The molecule has 2 aliphatic rings. The van der Waals surface area contributed by atoms with Gasteiger partial charge in [-0.2, -0.15) is 0 Å². The summed E-state index contributed by atoms with van der Waals surface area (Å²) in [6.45, 7) is 7.18. The van der Waals surface area contributed by atoms with Crippen LogP contribution in [0.1, 0.15) is 36.4 Å². The second-order valence-electron chi connectivity index (χ2n) is 5.86. The quantitative estimate of drug-likeness (QED) is 0.898. The van der Waals surface area contributed by atoms with Crippen LogP contribution in [0.15, 0.2) is 0 Å². The van der Waals surface area contributed by atoms with E-state index in [9.17, 15) is 4.79 Å². The minimum absolute atomic E-state index is 0.0157. The Hall–Kier alpha value is -1.34. The minimum Gasteiger partial charge on any atom is -0.382 e. The largest absolute Gasteiger partial charge is 0.382 e. The first-order valence-electron chi connectivity index (χ1n) is 7.50. The van der Waals surface area contributed by atoms with Gasteiger partial charge in [-0.1, -0.05) is 11.3 Å². The lowest BCUT2D eigenvalue weighted by molar-refractivity contribution is -0.0385. The van der Waals surface area contributed by atoms with E-state index < -0.39 is 0 Å². The SMILES string of the molecule is CC1CN(C(=O)c2sc(N3CCCC3)nc2N)C(C)CO1. The highest BCUT2D eigenvalue weighted by molar-refractivity contribution is 7.18. The number of nitrogens with two attached hydrogens (primary N) is 1. The Bertz CT molecular complexity index is 527. The van der Waals surface area contributed by atoms with Crippen molar-refractivity contribution in [1.29, 1.82) is 0 Å². The van der Waals surface area contributed by atoms with Crippen LogP contribution in [0.4, 0.5) is 10.9 Å². The van der Waals surface area contributed by atoms with E-state index in [1.807, 2.05) is 18.7 Å². The van der Waals surface area contributed by atoms with E-state index in [2.05, 4.69) is 9.88 Å². The van der Waals surface area contributed by atoms with Crippen LogP contribution in [0.3, 0.4) is 0 Å². The van der Waals surface area contributed by atoms with E-state index in [0.29, 0.717) is 23.8 Å². The molecule has 3 heterocycles. The van der Waals surface area contributed by atoms with Crippen molar-refractivity contribution in [2.24, 2.45) is 0 Å². The highest BCUT2D eigenvalue weighted by Gasteiger charge is 2.31. The third-order valence-corrected chi connectivity index (χ3v) is 5.20. The number of rotatable bonds is 2. The number of morpholine rings is 1. The van der Waals surface area contributed by atoms with Gasteiger partial charge >= 0.3 is 0 Å². The van der Waals surface area contributed by atoms with Gasteiger partial charge < -0.3 is 20.3 Å². The average molecular weight is 310 g/mol. The fourth-order valence-electron chi connectivity index (χ4n) is 2.83. The van der Waals surface area contributed by atoms with E-state index in [-0.39, 0.29) is 18.1 Å². The summed E-state index contributed by atoms with van der Waals surface area (Å²) in [5.41, 5.74) is 5.99. The molecular formula is C14H22N4O2S. The van der Waals surface area contributed by atoms with Gasteiger partial charge in [-0.15, -0.1) is 0 Å². The summed E-state index contributed by atoms with van der Waals surface area (Å²) in [5, 5.41) is 0.877. The van der Waals surface area contributed by atoms with Gasteiger partial charge in [0.25, 0.3) is 5.91 Å². The summed E-state index contributed by atoms with van der Waals surface area (Å²) >= 11 is 1.42. The van der Waals surface area contributed by atoms with Crippen LogP contribution in [0.25, 0.3) is 0 Å². The van der Waals surface area contributed by atoms with Gasteiger partial charge in [-0.3, -0.25) is 4.79 Å². The van der Waals surface area contributed by atoms with Gasteiger partial charge in [-0.05, 0) is 26.7 Å². The molecule has 116 valence electrons. The fraction of sp³-hybridized carbons (Fsp3) is 0.714. The number of anilines is 2. The van der Waals surface area contributed by atoms with E-state index in [1.54, 1.807) is 0 Å². The number of nitrogens with zero attached hydrogens (tertiary/aromatic N) is 3. The second kappa shape index (κ2) is 5.81. The number of hydrogen-bond acceptors (Lipinski definition) is 6. The molecule has 0 aliphatic carbocycles. The molecule has 2 aliphatic heterocycles. The lowest BCUT2D eigenvalue weighted by Crippen LogP contribution is -2.50. The number of ether oxygens (including phenoxy) is 1. The fourth-order valence-corrected chi connectivity index (χ4v) is 3.83. The number of carbonyl (C=O) groups excluding carboxylic acids is 1. The predicted molar refractivity (Wildman–Crippen MR) is 83.9 cm³/mol. The van der Waals surface area contributed by atoms with Crippen LogP contribution < -0.4 is 10.6 Å². The van der Waals surface area contributed by atoms with Crippen molar-refractivity contribution in [2.45, 2.75) is 38.8 Å². The molecule has 2 saturated heterocycles. The average Bonchev–Trinajstić information content (AvgIpc) is 3.09. The molecule has 0 aromatic carbocycles. The van der Waals surface area contributed by atoms with Crippen LogP contribution in [0.5, 0.6) is 0 Å². The molecule has 0 radical (unpaired) electrons. The molecule has 0 saturated carbocycles. The molecule has 6 nitrogen and oxygen atoms in total. The number of thiazole rings is 1. The molecule has 7 heteroatoms. The Morgan fingerprint density at radius 2 is 2.10 bits per heavy atom. The maximum atomic E-state index is 12.7. The molecular weight excluding hydrogens is 288 g/mol. The van der Waals surface area contributed by atoms with Crippen LogP contribution in [-0.2, 0) is 4.74 Å². The summed E-state index contributed by atoms with van der Waals surface area (Å²) in [5.74, 6) is 0.344. The second-order valence-corrected chi connectivity index (χ2v) is 6.83. The summed E-state index contributed by atoms with van der Waals surface area (Å²) in [6, 6.07) is 0.0745. The minimum atomic E-state index is -0.0157. The van der Waals surface area contributed by atoms with Crippen LogP contribution in [0.2, 0.25) is 0 Å². The van der Waals surface area contributed by atoms with Crippen molar-refractivity contribution in [2.75, 3.05) is 36.9 Å². The van der Waals surface area contributed by atoms with Gasteiger partial charge in [0.15, 0.2) is 5.13 Å². The maximum Gasteiger partial charge on any atom is 0.268 e. The molecule has 2 fully saturated rings. The number of hydrogen-bond donors (Lipinski definition) is 1. The van der Waals surface area contributed by atoms with Gasteiger partial charge in [0.05, 0.1) is 18.8 Å². The molecule has 0 spiro atoms. The number of nitrogen functional groups attached to an aromatic ring is 1. The zero-order chi connectivity index (χ0) is 15.0. The van der Waals surface area contributed by atoms with E-state index in [1.165, 1.54) is 24.2 Å². The molecule has 3 rings (SSSR count). The topological polar surface area (TPSA) is 71.7 Å². The molecule has 1 amide bonds.